The lowest BCUT2D eigenvalue weighted by Gasteiger charge is -2.15. The molecule has 0 aliphatic carbocycles. The molecule has 1 aliphatic rings. The van der Waals surface area contributed by atoms with Crippen LogP contribution >= 0.6 is 35.6 Å². The lowest BCUT2D eigenvalue weighted by molar-refractivity contribution is 0.186. The summed E-state index contributed by atoms with van der Waals surface area (Å²) in [4.78, 5) is 4.69. The number of nitrogens with one attached hydrogen (secondary N) is 2. The Morgan fingerprint density at radius 1 is 1.32 bits per heavy atom. The van der Waals surface area contributed by atoms with Crippen LogP contribution < -0.4 is 15.4 Å². The van der Waals surface area contributed by atoms with Gasteiger partial charge in [-0.15, -0.1) is 24.0 Å². The molecule has 8 heteroatoms. The van der Waals surface area contributed by atoms with Crippen LogP contribution in [0.2, 0.25) is 5.02 Å². The van der Waals surface area contributed by atoms with Crippen molar-refractivity contribution in [1.82, 2.24) is 10.6 Å². The van der Waals surface area contributed by atoms with Crippen LogP contribution in [0.3, 0.4) is 0 Å². The first-order valence-electron chi connectivity index (χ1n) is 9.19. The Labute approximate surface area is 188 Å². The van der Waals surface area contributed by atoms with E-state index >= 15 is 0 Å². The highest BCUT2D eigenvalue weighted by Gasteiger charge is 2.15. The molecule has 1 aromatic heterocycles. The predicted molar refractivity (Wildman–Crippen MR) is 122 cm³/mol. The monoisotopic (exact) mass is 519 g/mol. The maximum absolute atomic E-state index is 6.20. The summed E-state index contributed by atoms with van der Waals surface area (Å²) in [7, 11) is 1.61. The standard InChI is InChI=1S/C20H26ClN3O3.HI/c1-25-19-5-4-15(11-18(19)21)12-23-20(24-13-16-7-10-26-14-16)22-8-6-17-3-2-9-27-17;/h2-5,9,11,16H,6-8,10,12-14H2,1H3,(H2,22,23,24);1H. The van der Waals surface area contributed by atoms with Crippen molar-refractivity contribution in [1.29, 1.82) is 0 Å². The summed E-state index contributed by atoms with van der Waals surface area (Å²) in [6.45, 7) is 3.76. The second-order valence-corrected chi connectivity index (χ2v) is 6.91. The maximum atomic E-state index is 6.20. The highest BCUT2D eigenvalue weighted by atomic mass is 127. The molecule has 154 valence electrons. The molecular weight excluding hydrogens is 493 g/mol. The van der Waals surface area contributed by atoms with Gasteiger partial charge in [0.25, 0.3) is 0 Å². The molecule has 0 saturated carbocycles. The Morgan fingerprint density at radius 2 is 2.21 bits per heavy atom. The van der Waals surface area contributed by atoms with Crippen molar-refractivity contribution in [2.24, 2.45) is 10.9 Å². The molecule has 0 amide bonds. The van der Waals surface area contributed by atoms with Gasteiger partial charge in [-0.25, -0.2) is 4.99 Å². The van der Waals surface area contributed by atoms with Gasteiger partial charge in [-0.3, -0.25) is 0 Å². The topological polar surface area (TPSA) is 68.0 Å². The molecule has 2 N–H and O–H groups in total. The van der Waals surface area contributed by atoms with Crippen molar-refractivity contribution >= 4 is 41.5 Å². The molecule has 6 nitrogen and oxygen atoms in total. The first kappa shape index (κ1) is 22.8. The number of guanidine groups is 1. The Morgan fingerprint density at radius 3 is 2.89 bits per heavy atom. The summed E-state index contributed by atoms with van der Waals surface area (Å²) in [5.74, 6) is 2.92. The minimum atomic E-state index is 0. The van der Waals surface area contributed by atoms with Gasteiger partial charge in [-0.2, -0.15) is 0 Å². The van der Waals surface area contributed by atoms with Crippen molar-refractivity contribution in [3.8, 4) is 5.75 Å². The van der Waals surface area contributed by atoms with Gasteiger partial charge in [0, 0.05) is 32.0 Å². The second kappa shape index (κ2) is 12.2. The summed E-state index contributed by atoms with van der Waals surface area (Å²) in [6, 6.07) is 9.59. The second-order valence-electron chi connectivity index (χ2n) is 6.50. The Balaban J connectivity index is 0.00000280. The van der Waals surface area contributed by atoms with Gasteiger partial charge in [0.05, 0.1) is 31.5 Å². The summed E-state index contributed by atoms with van der Waals surface area (Å²) >= 11 is 6.20. The van der Waals surface area contributed by atoms with E-state index in [9.17, 15) is 0 Å². The van der Waals surface area contributed by atoms with Crippen LogP contribution in [0, 0.1) is 5.92 Å². The zero-order chi connectivity index (χ0) is 18.9. The number of methoxy groups -OCH3 is 1. The van der Waals surface area contributed by atoms with Crippen molar-refractivity contribution in [3.05, 3.63) is 52.9 Å². The van der Waals surface area contributed by atoms with Gasteiger partial charge < -0.3 is 24.5 Å². The van der Waals surface area contributed by atoms with E-state index in [0.717, 1.165) is 56.4 Å². The molecule has 0 bridgehead atoms. The van der Waals surface area contributed by atoms with Crippen LogP contribution in [0.1, 0.15) is 17.7 Å². The van der Waals surface area contributed by atoms with Crippen molar-refractivity contribution in [3.63, 3.8) is 0 Å². The number of rotatable bonds is 8. The summed E-state index contributed by atoms with van der Waals surface area (Å²) < 4.78 is 16.0. The van der Waals surface area contributed by atoms with Crippen molar-refractivity contribution in [2.45, 2.75) is 19.4 Å². The number of furan rings is 1. The molecule has 28 heavy (non-hydrogen) atoms. The van der Waals surface area contributed by atoms with Crippen molar-refractivity contribution < 1.29 is 13.9 Å². The van der Waals surface area contributed by atoms with Gasteiger partial charge in [0.15, 0.2) is 5.96 Å². The van der Waals surface area contributed by atoms with E-state index in [1.165, 1.54) is 0 Å². The third-order valence-electron chi connectivity index (χ3n) is 4.46. The maximum Gasteiger partial charge on any atom is 0.191 e. The van der Waals surface area contributed by atoms with Gasteiger partial charge in [-0.1, -0.05) is 17.7 Å². The third kappa shape index (κ3) is 7.18. The minimum absolute atomic E-state index is 0. The number of benzene rings is 1. The molecule has 1 aromatic carbocycles. The Kier molecular flexibility index (Phi) is 9.94. The number of nitrogens with zero attached hydrogens (tertiary/aromatic N) is 1. The zero-order valence-electron chi connectivity index (χ0n) is 15.9. The van der Waals surface area contributed by atoms with Crippen LogP contribution in [0.4, 0.5) is 0 Å². The molecule has 1 saturated heterocycles. The van der Waals surface area contributed by atoms with E-state index in [4.69, 9.17) is 30.5 Å². The average Bonchev–Trinajstić information content (AvgIpc) is 3.37. The number of hydrogen-bond acceptors (Lipinski definition) is 4. The summed E-state index contributed by atoms with van der Waals surface area (Å²) in [6.07, 6.45) is 3.57. The van der Waals surface area contributed by atoms with E-state index < -0.39 is 0 Å². The van der Waals surface area contributed by atoms with E-state index in [-0.39, 0.29) is 24.0 Å². The van der Waals surface area contributed by atoms with E-state index in [0.29, 0.717) is 23.2 Å². The van der Waals surface area contributed by atoms with E-state index in [1.54, 1.807) is 13.4 Å². The van der Waals surface area contributed by atoms with E-state index in [1.807, 2.05) is 30.3 Å². The van der Waals surface area contributed by atoms with Gasteiger partial charge in [-0.05, 0) is 36.2 Å². The van der Waals surface area contributed by atoms with Crippen LogP contribution in [0.5, 0.6) is 5.75 Å². The predicted octanol–water partition coefficient (Wildman–Crippen LogP) is 3.87. The fourth-order valence-corrected chi connectivity index (χ4v) is 3.18. The molecular formula is C20H27ClIN3O3. The SMILES string of the molecule is COc1ccc(CN=C(NCCc2ccco2)NCC2CCOC2)cc1Cl.I. The fourth-order valence-electron chi connectivity index (χ4n) is 2.90. The quantitative estimate of drug-likeness (QED) is 0.315. The van der Waals surface area contributed by atoms with Crippen LogP contribution in [0.25, 0.3) is 0 Å². The highest BCUT2D eigenvalue weighted by Crippen LogP contribution is 2.25. The number of hydrogen-bond donors (Lipinski definition) is 2. The molecule has 0 spiro atoms. The lowest BCUT2D eigenvalue weighted by atomic mass is 10.1. The third-order valence-corrected chi connectivity index (χ3v) is 4.76. The van der Waals surface area contributed by atoms with Gasteiger partial charge in [0.2, 0.25) is 0 Å². The van der Waals surface area contributed by atoms with Gasteiger partial charge >= 0.3 is 0 Å². The zero-order valence-corrected chi connectivity index (χ0v) is 19.0. The number of halogens is 2. The molecule has 2 heterocycles. The normalized spacial score (nSPS) is 16.5. The smallest absolute Gasteiger partial charge is 0.191 e. The molecule has 2 aromatic rings. The summed E-state index contributed by atoms with van der Waals surface area (Å²) in [5.41, 5.74) is 1.03. The first-order chi connectivity index (χ1) is 13.2. The Bertz CT molecular complexity index is 734. The Hall–Kier alpha value is -1.45. The highest BCUT2D eigenvalue weighted by molar-refractivity contribution is 14.0. The molecule has 1 atom stereocenters. The number of aliphatic imine (C=N–C) groups is 1. The molecule has 3 rings (SSSR count). The fraction of sp³-hybridized carbons (Fsp3) is 0.450. The minimum Gasteiger partial charge on any atom is -0.495 e. The van der Waals surface area contributed by atoms with Crippen molar-refractivity contribution in [2.75, 3.05) is 33.4 Å². The van der Waals surface area contributed by atoms with Crippen LogP contribution in [0.15, 0.2) is 46.0 Å². The largest absolute Gasteiger partial charge is 0.495 e. The van der Waals surface area contributed by atoms with Gasteiger partial charge in [0.1, 0.15) is 11.5 Å². The number of ether oxygens (including phenoxy) is 2. The first-order valence-corrected chi connectivity index (χ1v) is 9.57. The summed E-state index contributed by atoms with van der Waals surface area (Å²) in [5, 5.41) is 7.38. The molecule has 0 radical (unpaired) electrons. The lowest BCUT2D eigenvalue weighted by Crippen LogP contribution is -2.40. The van der Waals surface area contributed by atoms with Crippen LogP contribution in [-0.4, -0.2) is 39.4 Å². The molecule has 1 aliphatic heterocycles. The molecule has 1 fully saturated rings. The van der Waals surface area contributed by atoms with E-state index in [2.05, 4.69) is 10.6 Å². The molecule has 1 unspecified atom stereocenters. The van der Waals surface area contributed by atoms with Crippen LogP contribution in [-0.2, 0) is 17.7 Å². The average molecular weight is 520 g/mol.